The maximum absolute atomic E-state index is 5.98. The minimum absolute atomic E-state index is 0.201. The average molecular weight is 252 g/mol. The van der Waals surface area contributed by atoms with Crippen LogP contribution in [0.3, 0.4) is 0 Å². The lowest BCUT2D eigenvalue weighted by Crippen LogP contribution is -2.47. The highest BCUT2D eigenvalue weighted by Crippen LogP contribution is 2.04. The van der Waals surface area contributed by atoms with E-state index in [0.29, 0.717) is 19.1 Å². The van der Waals surface area contributed by atoms with Crippen LogP contribution in [0.1, 0.15) is 19.7 Å². The second kappa shape index (κ2) is 5.81. The van der Waals surface area contributed by atoms with Gasteiger partial charge >= 0.3 is 0 Å². The van der Waals surface area contributed by atoms with Gasteiger partial charge in [-0.25, -0.2) is 14.7 Å². The van der Waals surface area contributed by atoms with Gasteiger partial charge in [-0.15, -0.1) is 0 Å². The summed E-state index contributed by atoms with van der Waals surface area (Å²) >= 11 is 0. The summed E-state index contributed by atoms with van der Waals surface area (Å²) in [4.78, 5) is 10.6. The molecule has 0 bridgehead atoms. The molecule has 1 unspecified atom stereocenters. The highest BCUT2D eigenvalue weighted by molar-refractivity contribution is 5.78. The van der Waals surface area contributed by atoms with Crippen molar-refractivity contribution in [2.45, 2.75) is 33.0 Å². The molecular formula is C11H20N6O. The molecule has 0 saturated carbocycles. The molecule has 0 amide bonds. The third-order valence-corrected chi connectivity index (χ3v) is 2.94. The van der Waals surface area contributed by atoms with Crippen molar-refractivity contribution in [2.75, 3.05) is 19.7 Å². The molecule has 2 N–H and O–H groups in total. The molecule has 0 spiro atoms. The van der Waals surface area contributed by atoms with Crippen LogP contribution in [0.5, 0.6) is 0 Å². The molecule has 2 heterocycles. The molecule has 7 heteroatoms. The lowest BCUT2D eigenvalue weighted by molar-refractivity contribution is 0.00528. The van der Waals surface area contributed by atoms with Gasteiger partial charge in [-0.2, -0.15) is 5.10 Å². The van der Waals surface area contributed by atoms with Gasteiger partial charge < -0.3 is 15.4 Å². The molecule has 1 aliphatic rings. The molecule has 18 heavy (non-hydrogen) atoms. The fourth-order valence-corrected chi connectivity index (χ4v) is 1.95. The van der Waals surface area contributed by atoms with Gasteiger partial charge in [0.2, 0.25) is 0 Å². The normalized spacial score (nSPS) is 21.3. The zero-order valence-electron chi connectivity index (χ0n) is 10.9. The van der Waals surface area contributed by atoms with Crippen LogP contribution in [-0.4, -0.2) is 51.4 Å². The van der Waals surface area contributed by atoms with Crippen molar-refractivity contribution in [2.24, 2.45) is 10.7 Å². The fraction of sp³-hybridized carbons (Fsp3) is 0.727. The predicted octanol–water partition coefficient (Wildman–Crippen LogP) is -0.167. The quantitative estimate of drug-likeness (QED) is 0.597. The van der Waals surface area contributed by atoms with E-state index >= 15 is 0 Å². The minimum Gasteiger partial charge on any atom is -0.375 e. The molecule has 1 fully saturated rings. The summed E-state index contributed by atoms with van der Waals surface area (Å²) in [6.07, 6.45) is 1.74. The van der Waals surface area contributed by atoms with E-state index in [9.17, 15) is 0 Å². The van der Waals surface area contributed by atoms with Gasteiger partial charge in [0.1, 0.15) is 18.7 Å². The van der Waals surface area contributed by atoms with E-state index < -0.39 is 0 Å². The number of guanidine groups is 1. The molecule has 0 radical (unpaired) electrons. The van der Waals surface area contributed by atoms with Gasteiger partial charge in [-0.3, -0.25) is 0 Å². The Morgan fingerprint density at radius 1 is 1.67 bits per heavy atom. The van der Waals surface area contributed by atoms with Crippen molar-refractivity contribution in [3.8, 4) is 0 Å². The third kappa shape index (κ3) is 2.98. The predicted molar refractivity (Wildman–Crippen MR) is 68.0 cm³/mol. The summed E-state index contributed by atoms with van der Waals surface area (Å²) in [5.41, 5.74) is 5.98. The Hall–Kier alpha value is -1.63. The second-order valence-corrected chi connectivity index (χ2v) is 4.29. The van der Waals surface area contributed by atoms with E-state index in [-0.39, 0.29) is 6.10 Å². The number of hydrogen-bond donors (Lipinski definition) is 1. The zero-order chi connectivity index (χ0) is 13.0. The van der Waals surface area contributed by atoms with Crippen molar-refractivity contribution in [3.63, 3.8) is 0 Å². The molecule has 100 valence electrons. The Kier molecular flexibility index (Phi) is 4.14. The van der Waals surface area contributed by atoms with E-state index in [1.165, 1.54) is 0 Å². The number of nitrogens with two attached hydrogens (primary N) is 1. The summed E-state index contributed by atoms with van der Waals surface area (Å²) in [5.74, 6) is 1.39. The Morgan fingerprint density at radius 2 is 2.50 bits per heavy atom. The van der Waals surface area contributed by atoms with Crippen LogP contribution in [0, 0.1) is 0 Å². The summed E-state index contributed by atoms with van der Waals surface area (Å²) in [7, 11) is 0. The van der Waals surface area contributed by atoms with Crippen LogP contribution in [-0.2, 0) is 17.8 Å². The first-order valence-electron chi connectivity index (χ1n) is 6.24. The SMILES string of the molecule is CCn1ncnc1CN=C(N)N1CCOC(C)C1. The number of morpholine rings is 1. The first-order valence-corrected chi connectivity index (χ1v) is 6.24. The van der Waals surface area contributed by atoms with Crippen LogP contribution in [0.4, 0.5) is 0 Å². The average Bonchev–Trinajstić information content (AvgIpc) is 2.83. The molecule has 1 atom stereocenters. The Balaban J connectivity index is 1.96. The van der Waals surface area contributed by atoms with Crippen LogP contribution in [0.2, 0.25) is 0 Å². The molecular weight excluding hydrogens is 232 g/mol. The number of rotatable bonds is 3. The Labute approximate surface area is 107 Å². The number of hydrogen-bond acceptors (Lipinski definition) is 4. The van der Waals surface area contributed by atoms with Crippen molar-refractivity contribution in [1.29, 1.82) is 0 Å². The number of aliphatic imine (C=N–C) groups is 1. The first kappa shape index (κ1) is 12.8. The summed E-state index contributed by atoms with van der Waals surface area (Å²) in [5, 5.41) is 4.10. The first-order chi connectivity index (χ1) is 8.70. The van der Waals surface area contributed by atoms with Crippen LogP contribution >= 0.6 is 0 Å². The third-order valence-electron chi connectivity index (χ3n) is 2.94. The van der Waals surface area contributed by atoms with Crippen LogP contribution in [0.25, 0.3) is 0 Å². The number of aromatic nitrogens is 3. The topological polar surface area (TPSA) is 81.6 Å². The molecule has 1 aromatic rings. The molecule has 0 aliphatic carbocycles. The van der Waals surface area contributed by atoms with Gasteiger partial charge in [0, 0.05) is 19.6 Å². The lowest BCUT2D eigenvalue weighted by atomic mass is 10.3. The fourth-order valence-electron chi connectivity index (χ4n) is 1.95. The molecule has 0 aromatic carbocycles. The molecule has 1 aliphatic heterocycles. The van der Waals surface area contributed by atoms with Gasteiger partial charge in [0.15, 0.2) is 5.96 Å². The summed E-state index contributed by atoms with van der Waals surface area (Å²) in [6, 6.07) is 0. The Morgan fingerprint density at radius 3 is 3.22 bits per heavy atom. The Bertz CT molecular complexity index is 415. The largest absolute Gasteiger partial charge is 0.375 e. The van der Waals surface area contributed by atoms with Crippen molar-refractivity contribution in [3.05, 3.63) is 12.2 Å². The zero-order valence-corrected chi connectivity index (χ0v) is 10.9. The monoisotopic (exact) mass is 252 g/mol. The summed E-state index contributed by atoms with van der Waals surface area (Å²) < 4.78 is 7.28. The summed E-state index contributed by atoms with van der Waals surface area (Å²) in [6.45, 7) is 7.59. The highest BCUT2D eigenvalue weighted by Gasteiger charge is 2.18. The second-order valence-electron chi connectivity index (χ2n) is 4.29. The van der Waals surface area contributed by atoms with Gasteiger partial charge in [0.05, 0.1) is 12.7 Å². The highest BCUT2D eigenvalue weighted by atomic mass is 16.5. The number of ether oxygens (including phenoxy) is 1. The van der Waals surface area contributed by atoms with Crippen molar-refractivity contribution >= 4 is 5.96 Å². The molecule has 7 nitrogen and oxygen atoms in total. The van der Waals surface area contributed by atoms with E-state index in [1.807, 2.05) is 23.4 Å². The van der Waals surface area contributed by atoms with E-state index in [0.717, 1.165) is 25.5 Å². The molecule has 2 rings (SSSR count). The van der Waals surface area contributed by atoms with Crippen molar-refractivity contribution < 1.29 is 4.74 Å². The van der Waals surface area contributed by atoms with Crippen LogP contribution in [0.15, 0.2) is 11.3 Å². The van der Waals surface area contributed by atoms with Gasteiger partial charge in [0.25, 0.3) is 0 Å². The number of nitrogens with zero attached hydrogens (tertiary/aromatic N) is 5. The van der Waals surface area contributed by atoms with Crippen LogP contribution < -0.4 is 5.73 Å². The van der Waals surface area contributed by atoms with Gasteiger partial charge in [-0.1, -0.05) is 0 Å². The maximum Gasteiger partial charge on any atom is 0.191 e. The standard InChI is InChI=1S/C11H20N6O/c1-3-17-10(14-8-15-17)6-13-11(12)16-4-5-18-9(2)7-16/h8-9H,3-7H2,1-2H3,(H2,12,13). The minimum atomic E-state index is 0.201. The lowest BCUT2D eigenvalue weighted by Gasteiger charge is -2.31. The molecule has 1 aromatic heterocycles. The van der Waals surface area contributed by atoms with E-state index in [1.54, 1.807) is 6.33 Å². The van der Waals surface area contributed by atoms with Gasteiger partial charge in [-0.05, 0) is 13.8 Å². The van der Waals surface area contributed by atoms with E-state index in [4.69, 9.17) is 10.5 Å². The van der Waals surface area contributed by atoms with E-state index in [2.05, 4.69) is 15.1 Å². The smallest absolute Gasteiger partial charge is 0.191 e. The maximum atomic E-state index is 5.98. The number of aryl methyl sites for hydroxylation is 1. The molecule has 1 saturated heterocycles. The van der Waals surface area contributed by atoms with Crippen molar-refractivity contribution in [1.82, 2.24) is 19.7 Å².